The van der Waals surface area contributed by atoms with E-state index < -0.39 is 0 Å². The Balaban J connectivity index is 1.52. The minimum absolute atomic E-state index is 0.00293. The standard InChI is InChI=1S/C20H17N3O2S/c1-13(26-18-12-9-14-5-3-4-6-17(14)21-18)19-22-23-20(25-19)15-7-10-16(24-2)11-8-15/h3-13H,1-2H3/t13-/m1/s1. The molecule has 26 heavy (non-hydrogen) atoms. The van der Waals surface area contributed by atoms with Gasteiger partial charge in [0.2, 0.25) is 11.8 Å². The highest BCUT2D eigenvalue weighted by Crippen LogP contribution is 2.35. The Morgan fingerprint density at radius 2 is 1.77 bits per heavy atom. The molecule has 4 aromatic rings. The van der Waals surface area contributed by atoms with E-state index in [1.165, 1.54) is 0 Å². The van der Waals surface area contributed by atoms with Crippen molar-refractivity contribution in [3.8, 4) is 17.2 Å². The van der Waals surface area contributed by atoms with Crippen LogP contribution < -0.4 is 4.74 Å². The highest BCUT2D eigenvalue weighted by Gasteiger charge is 2.17. The first-order valence-corrected chi connectivity index (χ1v) is 9.11. The highest BCUT2D eigenvalue weighted by atomic mass is 32.2. The third-order valence-corrected chi connectivity index (χ3v) is 5.02. The minimum atomic E-state index is 0.00293. The molecular formula is C20H17N3O2S. The minimum Gasteiger partial charge on any atom is -0.497 e. The van der Waals surface area contributed by atoms with Gasteiger partial charge in [0.05, 0.1) is 22.9 Å². The maximum Gasteiger partial charge on any atom is 0.247 e. The van der Waals surface area contributed by atoms with Crippen LogP contribution in [0.5, 0.6) is 5.75 Å². The number of benzene rings is 2. The van der Waals surface area contributed by atoms with Gasteiger partial charge in [0.15, 0.2) is 0 Å². The fourth-order valence-corrected chi connectivity index (χ4v) is 3.45. The largest absolute Gasteiger partial charge is 0.497 e. The van der Waals surface area contributed by atoms with Gasteiger partial charge in [0, 0.05) is 10.9 Å². The van der Waals surface area contributed by atoms with Gasteiger partial charge >= 0.3 is 0 Å². The number of aromatic nitrogens is 3. The van der Waals surface area contributed by atoms with Crippen molar-refractivity contribution in [3.63, 3.8) is 0 Å². The summed E-state index contributed by atoms with van der Waals surface area (Å²) in [5.74, 6) is 1.87. The van der Waals surface area contributed by atoms with Crippen LogP contribution in [0.4, 0.5) is 0 Å². The lowest BCUT2D eigenvalue weighted by Gasteiger charge is -2.07. The number of ether oxygens (including phenoxy) is 1. The molecule has 0 aliphatic rings. The van der Waals surface area contributed by atoms with Gasteiger partial charge in [-0.15, -0.1) is 10.2 Å². The Hall–Kier alpha value is -2.86. The van der Waals surface area contributed by atoms with Crippen LogP contribution in [0.1, 0.15) is 18.1 Å². The van der Waals surface area contributed by atoms with E-state index in [1.54, 1.807) is 18.9 Å². The number of rotatable bonds is 5. The number of fused-ring (bicyclic) bond motifs is 1. The van der Waals surface area contributed by atoms with Crippen molar-refractivity contribution in [2.75, 3.05) is 7.11 Å². The zero-order valence-electron chi connectivity index (χ0n) is 14.4. The second-order valence-corrected chi connectivity index (χ2v) is 7.14. The number of hydrogen-bond acceptors (Lipinski definition) is 6. The Labute approximate surface area is 155 Å². The molecule has 0 fully saturated rings. The van der Waals surface area contributed by atoms with Crippen LogP contribution in [-0.2, 0) is 0 Å². The lowest BCUT2D eigenvalue weighted by Crippen LogP contribution is -1.90. The summed E-state index contributed by atoms with van der Waals surface area (Å²) in [4.78, 5) is 4.68. The van der Waals surface area contributed by atoms with Crippen LogP contribution >= 0.6 is 11.8 Å². The summed E-state index contributed by atoms with van der Waals surface area (Å²) in [7, 11) is 1.64. The number of para-hydroxylation sites is 1. The molecule has 0 saturated heterocycles. The molecule has 1 atom stereocenters. The van der Waals surface area contributed by atoms with Gasteiger partial charge in [-0.3, -0.25) is 0 Å². The van der Waals surface area contributed by atoms with Gasteiger partial charge in [-0.1, -0.05) is 36.0 Å². The Morgan fingerprint density at radius 3 is 2.58 bits per heavy atom. The van der Waals surface area contributed by atoms with Crippen molar-refractivity contribution in [1.29, 1.82) is 0 Å². The summed E-state index contributed by atoms with van der Waals surface area (Å²) in [6.07, 6.45) is 0. The summed E-state index contributed by atoms with van der Waals surface area (Å²) < 4.78 is 11.0. The lowest BCUT2D eigenvalue weighted by molar-refractivity contribution is 0.415. The van der Waals surface area contributed by atoms with Crippen molar-refractivity contribution >= 4 is 22.7 Å². The summed E-state index contributed by atoms with van der Waals surface area (Å²) in [5.41, 5.74) is 1.85. The average molecular weight is 363 g/mol. The van der Waals surface area contributed by atoms with E-state index in [4.69, 9.17) is 9.15 Å². The molecule has 2 heterocycles. The van der Waals surface area contributed by atoms with E-state index in [1.807, 2.05) is 55.5 Å². The maximum absolute atomic E-state index is 5.85. The molecule has 2 aromatic heterocycles. The van der Waals surface area contributed by atoms with Crippen molar-refractivity contribution in [3.05, 3.63) is 66.6 Å². The van der Waals surface area contributed by atoms with Crippen LogP contribution in [0, 0.1) is 0 Å². The number of thioether (sulfide) groups is 1. The van der Waals surface area contributed by atoms with Crippen molar-refractivity contribution in [2.45, 2.75) is 17.2 Å². The van der Waals surface area contributed by atoms with Gasteiger partial charge in [0.25, 0.3) is 0 Å². The zero-order chi connectivity index (χ0) is 17.9. The van der Waals surface area contributed by atoms with Crippen LogP contribution in [0.15, 0.2) is 70.1 Å². The van der Waals surface area contributed by atoms with Crippen molar-refractivity contribution in [2.24, 2.45) is 0 Å². The van der Waals surface area contributed by atoms with Crippen molar-refractivity contribution in [1.82, 2.24) is 15.2 Å². The molecular weight excluding hydrogens is 346 g/mol. The first-order chi connectivity index (χ1) is 12.7. The van der Waals surface area contributed by atoms with Gasteiger partial charge in [-0.05, 0) is 43.3 Å². The molecule has 2 aromatic carbocycles. The quantitative estimate of drug-likeness (QED) is 0.457. The number of methoxy groups -OCH3 is 1. The smallest absolute Gasteiger partial charge is 0.247 e. The second-order valence-electron chi connectivity index (χ2n) is 5.78. The van der Waals surface area contributed by atoms with Crippen LogP contribution in [0.3, 0.4) is 0 Å². The topological polar surface area (TPSA) is 61.0 Å². The van der Waals surface area contributed by atoms with E-state index >= 15 is 0 Å². The molecule has 4 rings (SSSR count). The average Bonchev–Trinajstić information content (AvgIpc) is 3.18. The molecule has 0 saturated carbocycles. The van der Waals surface area contributed by atoms with Crippen LogP contribution in [0.25, 0.3) is 22.4 Å². The van der Waals surface area contributed by atoms with E-state index in [0.29, 0.717) is 11.8 Å². The Bertz CT molecular complexity index is 1030. The van der Waals surface area contributed by atoms with E-state index in [-0.39, 0.29) is 5.25 Å². The Morgan fingerprint density at radius 1 is 0.962 bits per heavy atom. The van der Waals surface area contributed by atoms with Crippen LogP contribution in [-0.4, -0.2) is 22.3 Å². The predicted molar refractivity (Wildman–Crippen MR) is 102 cm³/mol. The monoisotopic (exact) mass is 363 g/mol. The third-order valence-electron chi connectivity index (χ3n) is 4.00. The maximum atomic E-state index is 5.85. The SMILES string of the molecule is COc1ccc(-c2nnc([C@@H](C)Sc3ccc4ccccc4n3)o2)cc1. The third kappa shape index (κ3) is 3.41. The molecule has 0 bridgehead atoms. The molecule has 0 unspecified atom stereocenters. The zero-order valence-corrected chi connectivity index (χ0v) is 15.2. The predicted octanol–water partition coefficient (Wildman–Crippen LogP) is 5.15. The lowest BCUT2D eigenvalue weighted by atomic mass is 10.2. The number of nitrogens with zero attached hydrogens (tertiary/aromatic N) is 3. The summed E-state index contributed by atoms with van der Waals surface area (Å²) in [6.45, 7) is 2.03. The normalized spacial score (nSPS) is 12.2. The van der Waals surface area contributed by atoms with Crippen LogP contribution in [0.2, 0.25) is 0 Å². The molecule has 0 N–H and O–H groups in total. The van der Waals surface area contributed by atoms with Crippen molar-refractivity contribution < 1.29 is 9.15 Å². The Kier molecular flexibility index (Phi) is 4.58. The van der Waals surface area contributed by atoms with E-state index in [9.17, 15) is 0 Å². The molecule has 5 nitrogen and oxygen atoms in total. The van der Waals surface area contributed by atoms with Gasteiger partial charge in [-0.2, -0.15) is 0 Å². The summed E-state index contributed by atoms with van der Waals surface area (Å²) in [6, 6.07) is 19.7. The van der Waals surface area contributed by atoms with E-state index in [2.05, 4.69) is 27.3 Å². The molecule has 0 spiro atoms. The molecule has 0 aliphatic heterocycles. The fourth-order valence-electron chi connectivity index (χ4n) is 2.59. The summed E-state index contributed by atoms with van der Waals surface area (Å²) >= 11 is 1.60. The number of pyridine rings is 1. The fraction of sp³-hybridized carbons (Fsp3) is 0.150. The highest BCUT2D eigenvalue weighted by molar-refractivity contribution is 7.99. The summed E-state index contributed by atoms with van der Waals surface area (Å²) in [5, 5.41) is 10.4. The molecule has 0 amide bonds. The van der Waals surface area contributed by atoms with E-state index in [0.717, 1.165) is 27.2 Å². The molecule has 6 heteroatoms. The molecule has 0 aliphatic carbocycles. The molecule has 0 radical (unpaired) electrons. The van der Waals surface area contributed by atoms with Gasteiger partial charge in [0.1, 0.15) is 5.75 Å². The first kappa shape index (κ1) is 16.6. The van der Waals surface area contributed by atoms with Gasteiger partial charge in [-0.25, -0.2) is 4.98 Å². The first-order valence-electron chi connectivity index (χ1n) is 8.23. The number of hydrogen-bond donors (Lipinski definition) is 0. The molecule has 130 valence electrons. The second kappa shape index (κ2) is 7.17. The van der Waals surface area contributed by atoms with Gasteiger partial charge < -0.3 is 9.15 Å².